The van der Waals surface area contributed by atoms with Gasteiger partial charge in [-0.25, -0.2) is 8.78 Å². The first kappa shape index (κ1) is 38.1. The van der Waals surface area contributed by atoms with Crippen LogP contribution in [-0.4, -0.2) is 65.9 Å². The summed E-state index contributed by atoms with van der Waals surface area (Å²) in [7, 11) is 0. The second-order valence-corrected chi connectivity index (χ2v) is 13.1. The van der Waals surface area contributed by atoms with Crippen LogP contribution in [0, 0.1) is 23.5 Å². The molecule has 1 amide bonds. The Balaban J connectivity index is 1.39. The van der Waals surface area contributed by atoms with Crippen molar-refractivity contribution in [1.82, 2.24) is 0 Å². The quantitative estimate of drug-likeness (QED) is 0.128. The van der Waals surface area contributed by atoms with Crippen LogP contribution in [0.2, 0.25) is 0 Å². The van der Waals surface area contributed by atoms with E-state index in [0.717, 1.165) is 30.5 Å². The van der Waals surface area contributed by atoms with Gasteiger partial charge in [0.25, 0.3) is 0 Å². The number of ether oxygens (including phenoxy) is 4. The van der Waals surface area contributed by atoms with Crippen molar-refractivity contribution in [2.24, 2.45) is 11.8 Å². The highest BCUT2D eigenvalue weighted by Crippen LogP contribution is 2.46. The number of anilines is 1. The third-order valence-electron chi connectivity index (χ3n) is 9.38. The number of aryl methyl sites for hydroxylation is 1. The molecular weight excluding hydrogens is 680 g/mol. The number of rotatable bonds is 14. The summed E-state index contributed by atoms with van der Waals surface area (Å²) in [5, 5.41) is 9.82. The maximum Gasteiger partial charge on any atom is 0.303 e. The molecule has 0 aliphatic carbocycles. The fourth-order valence-corrected chi connectivity index (χ4v) is 7.09. The van der Waals surface area contributed by atoms with Crippen LogP contribution in [0.4, 0.5) is 14.5 Å². The molecule has 11 nitrogen and oxygen atoms in total. The lowest BCUT2D eigenvalue weighted by Gasteiger charge is -2.48. The Morgan fingerprint density at radius 3 is 1.92 bits per heavy atom. The maximum atomic E-state index is 13.8. The minimum absolute atomic E-state index is 0.0930. The summed E-state index contributed by atoms with van der Waals surface area (Å²) in [4.78, 5) is 63.1. The molecular formula is C39H41F2NO10. The Morgan fingerprint density at radius 1 is 0.769 bits per heavy atom. The average Bonchev–Trinajstić information content (AvgIpc) is 3.08. The molecule has 2 unspecified atom stereocenters. The molecule has 2 aliphatic heterocycles. The zero-order chi connectivity index (χ0) is 37.5. The fourth-order valence-electron chi connectivity index (χ4n) is 7.09. The number of carboxylic acid groups (broad SMARTS) is 1. The van der Waals surface area contributed by atoms with E-state index >= 15 is 0 Å². The first-order chi connectivity index (χ1) is 24.8. The molecule has 13 heteroatoms. The van der Waals surface area contributed by atoms with Crippen LogP contribution in [0.15, 0.2) is 72.8 Å². The third-order valence-corrected chi connectivity index (χ3v) is 9.38. The first-order valence-corrected chi connectivity index (χ1v) is 17.1. The lowest BCUT2D eigenvalue weighted by Crippen LogP contribution is -2.59. The molecule has 1 N–H and O–H groups in total. The number of β-lactam (4-membered cyclic amide) rings is 1. The Labute approximate surface area is 299 Å². The van der Waals surface area contributed by atoms with Crippen molar-refractivity contribution in [3.05, 3.63) is 101 Å². The molecule has 2 saturated heterocycles. The SMILES string of the molecule is CC(=O)OC[C@H]1O[C@H](Cc2ccc(C3C(CCCc4ccc(F)cc4)C(=O)N3c3ccc(F)cc3)cc2)[C@H](CC(=O)O)[C@@H](OC(C)=O)[C@H]1OC(C)=O. The minimum atomic E-state index is -1.24. The van der Waals surface area contributed by atoms with Gasteiger partial charge in [-0.1, -0.05) is 36.4 Å². The van der Waals surface area contributed by atoms with Crippen molar-refractivity contribution in [2.45, 2.75) is 83.3 Å². The molecule has 3 aromatic rings. The predicted octanol–water partition coefficient (Wildman–Crippen LogP) is 5.52. The summed E-state index contributed by atoms with van der Waals surface area (Å²) in [5.74, 6) is -5.39. The lowest BCUT2D eigenvalue weighted by atomic mass is 9.78. The van der Waals surface area contributed by atoms with Crippen molar-refractivity contribution in [2.75, 3.05) is 11.5 Å². The Bertz CT molecular complexity index is 1750. The summed E-state index contributed by atoms with van der Waals surface area (Å²) in [6, 6.07) is 19.0. The van der Waals surface area contributed by atoms with Gasteiger partial charge in [0.1, 0.15) is 30.4 Å². The highest BCUT2D eigenvalue weighted by Gasteiger charge is 2.51. The van der Waals surface area contributed by atoms with E-state index in [1.807, 2.05) is 24.3 Å². The van der Waals surface area contributed by atoms with Gasteiger partial charge < -0.3 is 29.0 Å². The first-order valence-electron chi connectivity index (χ1n) is 17.1. The molecule has 52 heavy (non-hydrogen) atoms. The number of aliphatic carboxylic acids is 1. The molecule has 276 valence electrons. The highest BCUT2D eigenvalue weighted by atomic mass is 19.1. The minimum Gasteiger partial charge on any atom is -0.481 e. The number of esters is 3. The largest absolute Gasteiger partial charge is 0.481 e. The molecule has 0 radical (unpaired) electrons. The van der Waals surface area contributed by atoms with Gasteiger partial charge in [0, 0.05) is 32.4 Å². The number of carboxylic acids is 1. The van der Waals surface area contributed by atoms with Crippen LogP contribution in [0.1, 0.15) is 62.8 Å². The molecule has 0 saturated carbocycles. The number of nitrogens with zero attached hydrogens (tertiary/aromatic N) is 1. The van der Waals surface area contributed by atoms with E-state index in [2.05, 4.69) is 0 Å². The van der Waals surface area contributed by atoms with Crippen LogP contribution in [0.25, 0.3) is 0 Å². The third kappa shape index (κ3) is 9.38. The highest BCUT2D eigenvalue weighted by molar-refractivity contribution is 6.03. The fraction of sp³-hybridized carbons (Fsp3) is 0.410. The van der Waals surface area contributed by atoms with Gasteiger partial charge in [-0.15, -0.1) is 0 Å². The Kier molecular flexibility index (Phi) is 12.4. The van der Waals surface area contributed by atoms with Gasteiger partial charge in [0.15, 0.2) is 6.10 Å². The van der Waals surface area contributed by atoms with Crippen LogP contribution in [0.5, 0.6) is 0 Å². The molecule has 0 bridgehead atoms. The Hall–Kier alpha value is -5.17. The molecule has 5 rings (SSSR count). The normalized spacial score (nSPS) is 24.1. The van der Waals surface area contributed by atoms with Crippen LogP contribution >= 0.6 is 0 Å². The van der Waals surface area contributed by atoms with Gasteiger partial charge in [-0.05, 0) is 78.8 Å². The monoisotopic (exact) mass is 721 g/mol. The molecule has 2 heterocycles. The van der Waals surface area contributed by atoms with Crippen LogP contribution < -0.4 is 4.90 Å². The number of carbonyl (C=O) groups is 5. The van der Waals surface area contributed by atoms with Crippen LogP contribution in [0.3, 0.4) is 0 Å². The summed E-state index contributed by atoms with van der Waals surface area (Å²) < 4.78 is 49.6. The number of halogens is 2. The summed E-state index contributed by atoms with van der Waals surface area (Å²) in [5.41, 5.74) is 3.07. The van der Waals surface area contributed by atoms with Gasteiger partial charge in [-0.3, -0.25) is 24.0 Å². The molecule has 2 fully saturated rings. The van der Waals surface area contributed by atoms with Gasteiger partial charge >= 0.3 is 23.9 Å². The van der Waals surface area contributed by atoms with E-state index in [1.165, 1.54) is 31.2 Å². The van der Waals surface area contributed by atoms with E-state index in [1.54, 1.807) is 29.2 Å². The molecule has 7 atom stereocenters. The predicted molar refractivity (Wildman–Crippen MR) is 182 cm³/mol. The maximum absolute atomic E-state index is 13.8. The van der Waals surface area contributed by atoms with Gasteiger partial charge in [-0.2, -0.15) is 0 Å². The smallest absolute Gasteiger partial charge is 0.303 e. The zero-order valence-corrected chi connectivity index (χ0v) is 29.0. The van der Waals surface area contributed by atoms with Crippen molar-refractivity contribution >= 4 is 35.5 Å². The number of carbonyl (C=O) groups excluding carboxylic acids is 4. The van der Waals surface area contributed by atoms with Crippen molar-refractivity contribution in [1.29, 1.82) is 0 Å². The summed E-state index contributed by atoms with van der Waals surface area (Å²) >= 11 is 0. The number of benzene rings is 3. The molecule has 2 aliphatic rings. The lowest BCUT2D eigenvalue weighted by molar-refractivity contribution is -0.234. The van der Waals surface area contributed by atoms with Gasteiger partial charge in [0.2, 0.25) is 5.91 Å². The number of hydrogen-bond acceptors (Lipinski definition) is 9. The van der Waals surface area contributed by atoms with Crippen molar-refractivity contribution in [3.63, 3.8) is 0 Å². The second-order valence-electron chi connectivity index (χ2n) is 13.1. The molecule has 0 aromatic heterocycles. The summed E-state index contributed by atoms with van der Waals surface area (Å²) in [6.45, 7) is 3.17. The van der Waals surface area contributed by atoms with E-state index in [4.69, 9.17) is 18.9 Å². The average molecular weight is 722 g/mol. The molecule has 0 spiro atoms. The zero-order valence-electron chi connectivity index (χ0n) is 29.0. The van der Waals surface area contributed by atoms with Crippen molar-refractivity contribution in [3.8, 4) is 0 Å². The van der Waals surface area contributed by atoms with E-state index in [-0.39, 0.29) is 36.7 Å². The number of hydrogen-bond donors (Lipinski definition) is 1. The Morgan fingerprint density at radius 2 is 1.35 bits per heavy atom. The van der Waals surface area contributed by atoms with Crippen molar-refractivity contribution < 1.29 is 56.8 Å². The van der Waals surface area contributed by atoms with Gasteiger partial charge in [0.05, 0.1) is 24.5 Å². The molecule has 3 aromatic carbocycles. The second kappa shape index (κ2) is 16.9. The van der Waals surface area contributed by atoms with E-state index in [9.17, 15) is 37.9 Å². The standard InChI is InChI=1S/C39H41F2NO10/c1-22(43)49-21-34-38(51-24(3)45)37(50-23(2)44)32(20-35(46)47)33(52-34)19-26-7-11-27(12-8-26)36-31(6-4-5-25-9-13-28(40)14-10-25)39(48)42(36)30-17-15-29(41)16-18-30/h7-18,31-34,36-38H,4-6,19-21H2,1-3H3,(H,46,47)/t31?,32-,33+,34+,36?,37+,38-/m0/s1. The number of amides is 1. The van der Waals surface area contributed by atoms with E-state index < -0.39 is 66.4 Å². The summed E-state index contributed by atoms with van der Waals surface area (Å²) in [6.07, 6.45) is -2.78. The van der Waals surface area contributed by atoms with Crippen LogP contribution in [-0.2, 0) is 55.8 Å². The van der Waals surface area contributed by atoms with E-state index in [0.29, 0.717) is 24.9 Å². The topological polar surface area (TPSA) is 146 Å².